The van der Waals surface area contributed by atoms with E-state index in [0.29, 0.717) is 0 Å². The summed E-state index contributed by atoms with van der Waals surface area (Å²) < 4.78 is 11.6. The van der Waals surface area contributed by atoms with Crippen molar-refractivity contribution in [3.63, 3.8) is 0 Å². The highest BCUT2D eigenvalue weighted by molar-refractivity contribution is 8.03. The monoisotopic (exact) mass is 398 g/mol. The third-order valence-corrected chi connectivity index (χ3v) is 5.95. The molecule has 0 unspecified atom stereocenters. The fraction of sp³-hybridized carbons (Fsp3) is 0.0769. The van der Waals surface area contributed by atoms with Gasteiger partial charge in [-0.05, 0) is 43.2 Å². The highest BCUT2D eigenvalue weighted by atomic mass is 32.2. The van der Waals surface area contributed by atoms with Crippen LogP contribution in [-0.2, 0) is 0 Å². The van der Waals surface area contributed by atoms with Gasteiger partial charge in [-0.25, -0.2) is 0 Å². The van der Waals surface area contributed by atoms with Crippen molar-refractivity contribution in [2.24, 2.45) is 0 Å². The second-order valence-corrected chi connectivity index (χ2v) is 7.88. The zero-order valence-corrected chi connectivity index (χ0v) is 17.4. The Balaban J connectivity index is 0.000000141. The number of furan rings is 1. The lowest BCUT2D eigenvalue weighted by atomic mass is 10.1. The van der Waals surface area contributed by atoms with Crippen molar-refractivity contribution in [1.29, 1.82) is 0 Å². The molecule has 144 valence electrons. The Bertz CT molecular complexity index is 1260. The van der Waals surface area contributed by atoms with Gasteiger partial charge in [0.2, 0.25) is 0 Å². The van der Waals surface area contributed by atoms with Crippen molar-refractivity contribution in [2.45, 2.75) is 18.7 Å². The van der Waals surface area contributed by atoms with Gasteiger partial charge < -0.3 is 9.15 Å². The van der Waals surface area contributed by atoms with Gasteiger partial charge in [-0.3, -0.25) is 0 Å². The standard InChI is InChI=1S/C13H12OS.C13H10O/c1-4-10-11(5-2)15-12-8-6-7-9(3)13(12)14-10;1-9-5-4-7-11-10-6-2-3-8-12(10)14-13(9)11/h4-8H,1-2H2,3H3;2-8H,1H3. The van der Waals surface area contributed by atoms with Gasteiger partial charge in [-0.2, -0.15) is 0 Å². The minimum absolute atomic E-state index is 0.789. The summed E-state index contributed by atoms with van der Waals surface area (Å²) >= 11 is 1.67. The van der Waals surface area contributed by atoms with Gasteiger partial charge in [0.1, 0.15) is 22.7 Å². The normalized spacial score (nSPS) is 12.8. The molecule has 2 heterocycles. The van der Waals surface area contributed by atoms with Crippen LogP contribution >= 0.6 is 11.8 Å². The van der Waals surface area contributed by atoms with E-state index in [1.807, 2.05) is 37.3 Å². The maximum atomic E-state index is 5.78. The Kier molecular flexibility index (Phi) is 5.32. The molecule has 0 N–H and O–H groups in total. The molecule has 0 spiro atoms. The summed E-state index contributed by atoms with van der Waals surface area (Å²) in [5.74, 6) is 1.72. The molecule has 29 heavy (non-hydrogen) atoms. The molecule has 0 saturated heterocycles. The number of rotatable bonds is 2. The number of fused-ring (bicyclic) bond motifs is 4. The van der Waals surface area contributed by atoms with Crippen LogP contribution < -0.4 is 4.74 Å². The SMILES string of the molecule is C=CC1=C(C=C)Sc2cccc(C)c2O1.Cc1cccc2c1oc1ccccc12. The number of ether oxygens (including phenoxy) is 1. The summed E-state index contributed by atoms with van der Waals surface area (Å²) in [4.78, 5) is 2.15. The summed E-state index contributed by atoms with van der Waals surface area (Å²) in [6.07, 6.45) is 3.52. The third kappa shape index (κ3) is 3.62. The summed E-state index contributed by atoms with van der Waals surface area (Å²) in [5, 5.41) is 2.41. The Hall–Kier alpha value is -3.17. The molecule has 5 rings (SSSR count). The summed E-state index contributed by atoms with van der Waals surface area (Å²) in [7, 11) is 0. The Morgan fingerprint density at radius 3 is 2.31 bits per heavy atom. The van der Waals surface area contributed by atoms with E-state index in [1.54, 1.807) is 23.9 Å². The number of allylic oxidation sites excluding steroid dienone is 2. The quantitative estimate of drug-likeness (QED) is 0.342. The van der Waals surface area contributed by atoms with Gasteiger partial charge in [0.05, 0.1) is 9.80 Å². The van der Waals surface area contributed by atoms with Crippen LogP contribution in [0, 0.1) is 13.8 Å². The number of hydrogen-bond donors (Lipinski definition) is 0. The van der Waals surface area contributed by atoms with E-state index in [4.69, 9.17) is 9.15 Å². The molecule has 3 heteroatoms. The molecule has 3 aromatic carbocycles. The molecule has 0 aliphatic carbocycles. The highest BCUT2D eigenvalue weighted by Crippen LogP contribution is 2.43. The second-order valence-electron chi connectivity index (χ2n) is 6.79. The molecule has 0 saturated carbocycles. The third-order valence-electron chi connectivity index (χ3n) is 4.82. The predicted molar refractivity (Wildman–Crippen MR) is 124 cm³/mol. The highest BCUT2D eigenvalue weighted by Gasteiger charge is 2.18. The molecule has 0 radical (unpaired) electrons. The lowest BCUT2D eigenvalue weighted by molar-refractivity contribution is 0.426. The van der Waals surface area contributed by atoms with Gasteiger partial charge in [-0.1, -0.05) is 79.5 Å². The van der Waals surface area contributed by atoms with E-state index in [0.717, 1.165) is 38.0 Å². The zero-order chi connectivity index (χ0) is 20.4. The molecule has 1 aliphatic heterocycles. The van der Waals surface area contributed by atoms with E-state index in [2.05, 4.69) is 50.4 Å². The lowest BCUT2D eigenvalue weighted by Crippen LogP contribution is -2.02. The van der Waals surface area contributed by atoms with Crippen molar-refractivity contribution < 1.29 is 9.15 Å². The van der Waals surface area contributed by atoms with E-state index < -0.39 is 0 Å². The number of para-hydroxylation sites is 3. The number of benzene rings is 3. The van der Waals surface area contributed by atoms with Gasteiger partial charge in [0, 0.05) is 10.8 Å². The maximum Gasteiger partial charge on any atom is 0.144 e. The Morgan fingerprint density at radius 1 is 0.793 bits per heavy atom. The first-order valence-corrected chi connectivity index (χ1v) is 10.3. The van der Waals surface area contributed by atoms with Crippen LogP contribution in [0.5, 0.6) is 5.75 Å². The fourth-order valence-corrected chi connectivity index (χ4v) is 4.33. The summed E-state index contributed by atoms with van der Waals surface area (Å²) in [6, 6.07) is 20.5. The Labute approximate surface area is 175 Å². The minimum atomic E-state index is 0.789. The first kappa shape index (κ1) is 19.2. The number of hydrogen-bond acceptors (Lipinski definition) is 3. The van der Waals surface area contributed by atoms with Crippen molar-refractivity contribution in [3.8, 4) is 5.75 Å². The number of aryl methyl sites for hydroxylation is 2. The van der Waals surface area contributed by atoms with E-state index in [-0.39, 0.29) is 0 Å². The average molecular weight is 399 g/mol. The molecular weight excluding hydrogens is 376 g/mol. The maximum absolute atomic E-state index is 5.78. The van der Waals surface area contributed by atoms with E-state index >= 15 is 0 Å². The average Bonchev–Trinajstić information content (AvgIpc) is 3.14. The van der Waals surface area contributed by atoms with Crippen molar-refractivity contribution >= 4 is 33.7 Å². The topological polar surface area (TPSA) is 22.4 Å². The number of thioether (sulfide) groups is 1. The van der Waals surface area contributed by atoms with Crippen LogP contribution in [0.25, 0.3) is 21.9 Å². The van der Waals surface area contributed by atoms with Gasteiger partial charge >= 0.3 is 0 Å². The zero-order valence-electron chi connectivity index (χ0n) is 16.6. The predicted octanol–water partition coefficient (Wildman–Crippen LogP) is 7.96. The first-order chi connectivity index (χ1) is 14.1. The molecule has 0 bridgehead atoms. The first-order valence-electron chi connectivity index (χ1n) is 9.43. The molecule has 1 aromatic heterocycles. The summed E-state index contributed by atoms with van der Waals surface area (Å²) in [6.45, 7) is 11.6. The van der Waals surface area contributed by atoms with Crippen LogP contribution in [0.1, 0.15) is 11.1 Å². The van der Waals surface area contributed by atoms with Crippen LogP contribution in [-0.4, -0.2) is 0 Å². The van der Waals surface area contributed by atoms with E-state index in [1.165, 1.54) is 16.3 Å². The molecule has 0 atom stereocenters. The molecular formula is C26H22O2S. The minimum Gasteiger partial charge on any atom is -0.456 e. The lowest BCUT2D eigenvalue weighted by Gasteiger charge is -2.20. The van der Waals surface area contributed by atoms with Crippen LogP contribution in [0.3, 0.4) is 0 Å². The van der Waals surface area contributed by atoms with Crippen molar-refractivity contribution in [1.82, 2.24) is 0 Å². The molecule has 1 aliphatic rings. The van der Waals surface area contributed by atoms with Crippen LogP contribution in [0.2, 0.25) is 0 Å². The summed E-state index contributed by atoms with van der Waals surface area (Å²) in [5.41, 5.74) is 4.31. The molecule has 0 amide bonds. The van der Waals surface area contributed by atoms with Crippen LogP contribution in [0.4, 0.5) is 0 Å². The molecule has 4 aromatic rings. The van der Waals surface area contributed by atoms with Gasteiger partial charge in [-0.15, -0.1) is 0 Å². The second kappa shape index (κ2) is 8.06. The van der Waals surface area contributed by atoms with Gasteiger partial charge in [0.25, 0.3) is 0 Å². The van der Waals surface area contributed by atoms with Crippen LogP contribution in [0.15, 0.2) is 106 Å². The van der Waals surface area contributed by atoms with Crippen molar-refractivity contribution in [2.75, 3.05) is 0 Å². The smallest absolute Gasteiger partial charge is 0.144 e. The fourth-order valence-electron chi connectivity index (χ4n) is 3.34. The molecule has 2 nitrogen and oxygen atoms in total. The molecule has 0 fully saturated rings. The Morgan fingerprint density at radius 2 is 1.52 bits per heavy atom. The van der Waals surface area contributed by atoms with E-state index in [9.17, 15) is 0 Å². The van der Waals surface area contributed by atoms with Gasteiger partial charge in [0.15, 0.2) is 0 Å². The largest absolute Gasteiger partial charge is 0.456 e. The van der Waals surface area contributed by atoms with Crippen molar-refractivity contribution in [3.05, 3.63) is 108 Å².